The number of anilines is 1. The Balaban J connectivity index is 2.94. The third-order valence-electron chi connectivity index (χ3n) is 2.42. The van der Waals surface area contributed by atoms with Crippen molar-refractivity contribution in [3.63, 3.8) is 0 Å². The lowest BCUT2D eigenvalue weighted by Crippen LogP contribution is -2.31. The zero-order valence-electron chi connectivity index (χ0n) is 9.32. The van der Waals surface area contributed by atoms with Crippen molar-refractivity contribution in [3.8, 4) is 12.3 Å². The SMILES string of the molecule is C#CC(C)(CC)Nc1ccnc(C(=O)O)c1. The molecular weight excluding hydrogens is 204 g/mol. The van der Waals surface area contributed by atoms with Crippen LogP contribution in [0.5, 0.6) is 0 Å². The van der Waals surface area contributed by atoms with E-state index >= 15 is 0 Å². The van der Waals surface area contributed by atoms with Gasteiger partial charge in [-0.25, -0.2) is 9.78 Å². The topological polar surface area (TPSA) is 62.2 Å². The first-order valence-corrected chi connectivity index (χ1v) is 4.96. The van der Waals surface area contributed by atoms with E-state index in [2.05, 4.69) is 16.2 Å². The normalized spacial score (nSPS) is 13.6. The van der Waals surface area contributed by atoms with Crippen molar-refractivity contribution in [2.75, 3.05) is 5.32 Å². The van der Waals surface area contributed by atoms with E-state index in [-0.39, 0.29) is 5.69 Å². The summed E-state index contributed by atoms with van der Waals surface area (Å²) >= 11 is 0. The molecular formula is C12H14N2O2. The van der Waals surface area contributed by atoms with Crippen LogP contribution in [0.15, 0.2) is 18.3 Å². The third kappa shape index (κ3) is 2.74. The van der Waals surface area contributed by atoms with Crippen molar-refractivity contribution in [2.24, 2.45) is 0 Å². The van der Waals surface area contributed by atoms with Crippen LogP contribution >= 0.6 is 0 Å². The number of aromatic nitrogens is 1. The molecule has 2 N–H and O–H groups in total. The van der Waals surface area contributed by atoms with E-state index in [1.807, 2.05) is 13.8 Å². The highest BCUT2D eigenvalue weighted by atomic mass is 16.4. The number of carbonyl (C=O) groups is 1. The predicted molar refractivity (Wildman–Crippen MR) is 62.3 cm³/mol. The van der Waals surface area contributed by atoms with Gasteiger partial charge >= 0.3 is 5.97 Å². The molecule has 1 unspecified atom stereocenters. The minimum Gasteiger partial charge on any atom is -0.477 e. The molecule has 0 aromatic carbocycles. The van der Waals surface area contributed by atoms with Gasteiger partial charge in [-0.3, -0.25) is 0 Å². The van der Waals surface area contributed by atoms with Crippen LogP contribution in [-0.4, -0.2) is 21.6 Å². The van der Waals surface area contributed by atoms with E-state index < -0.39 is 11.5 Å². The second-order valence-corrected chi connectivity index (χ2v) is 3.69. The van der Waals surface area contributed by atoms with Crippen molar-refractivity contribution in [2.45, 2.75) is 25.8 Å². The number of nitrogens with one attached hydrogen (secondary N) is 1. The van der Waals surface area contributed by atoms with Gasteiger partial charge in [0, 0.05) is 11.9 Å². The fraction of sp³-hybridized carbons (Fsp3) is 0.333. The van der Waals surface area contributed by atoms with Gasteiger partial charge in [-0.1, -0.05) is 12.8 Å². The van der Waals surface area contributed by atoms with Gasteiger partial charge in [0.15, 0.2) is 0 Å². The minimum atomic E-state index is -1.05. The molecule has 4 heteroatoms. The zero-order chi connectivity index (χ0) is 12.2. The molecule has 0 saturated carbocycles. The van der Waals surface area contributed by atoms with E-state index in [0.29, 0.717) is 5.69 Å². The van der Waals surface area contributed by atoms with Crippen LogP contribution in [0.1, 0.15) is 30.8 Å². The number of hydrogen-bond donors (Lipinski definition) is 2. The Hall–Kier alpha value is -2.02. The summed E-state index contributed by atoms with van der Waals surface area (Å²) in [5, 5.41) is 11.9. The molecule has 0 aliphatic heterocycles. The average Bonchev–Trinajstić information content (AvgIpc) is 2.29. The van der Waals surface area contributed by atoms with Gasteiger partial charge in [-0.15, -0.1) is 6.42 Å². The van der Waals surface area contributed by atoms with Crippen LogP contribution in [0.4, 0.5) is 5.69 Å². The molecule has 0 aliphatic carbocycles. The smallest absolute Gasteiger partial charge is 0.354 e. The van der Waals surface area contributed by atoms with Gasteiger partial charge in [0.05, 0.1) is 5.54 Å². The summed E-state index contributed by atoms with van der Waals surface area (Å²) in [5.74, 6) is 1.59. The first-order chi connectivity index (χ1) is 7.50. The molecule has 1 rings (SSSR count). The van der Waals surface area contributed by atoms with Crippen molar-refractivity contribution in [3.05, 3.63) is 24.0 Å². The van der Waals surface area contributed by atoms with Crippen LogP contribution in [-0.2, 0) is 0 Å². The summed E-state index contributed by atoms with van der Waals surface area (Å²) in [7, 11) is 0. The molecule has 1 aromatic rings. The Morgan fingerprint density at radius 3 is 2.94 bits per heavy atom. The van der Waals surface area contributed by atoms with Crippen molar-refractivity contribution in [1.82, 2.24) is 4.98 Å². The lowest BCUT2D eigenvalue weighted by atomic mass is 10.00. The summed E-state index contributed by atoms with van der Waals surface area (Å²) in [5.41, 5.74) is 0.187. The van der Waals surface area contributed by atoms with Gasteiger partial charge in [-0.05, 0) is 25.5 Å². The summed E-state index contributed by atoms with van der Waals surface area (Å²) in [4.78, 5) is 14.5. The molecule has 0 fully saturated rings. The Bertz CT molecular complexity index is 437. The molecule has 0 saturated heterocycles. The highest BCUT2D eigenvalue weighted by molar-refractivity contribution is 5.86. The lowest BCUT2D eigenvalue weighted by Gasteiger charge is -2.24. The number of rotatable bonds is 4. The minimum absolute atomic E-state index is 0.000439. The first-order valence-electron chi connectivity index (χ1n) is 4.96. The number of terminal acetylenes is 1. The Labute approximate surface area is 94.7 Å². The monoisotopic (exact) mass is 218 g/mol. The second-order valence-electron chi connectivity index (χ2n) is 3.69. The standard InChI is InChI=1S/C12H14N2O2/c1-4-12(3,5-2)14-9-6-7-13-10(8-9)11(15)16/h1,6-8H,5H2,2-3H3,(H,13,14)(H,15,16). The van der Waals surface area contributed by atoms with E-state index in [1.54, 1.807) is 6.07 Å². The van der Waals surface area contributed by atoms with Crippen LogP contribution in [0.25, 0.3) is 0 Å². The number of carboxylic acid groups (broad SMARTS) is 1. The predicted octanol–water partition coefficient (Wildman–Crippen LogP) is 1.99. The largest absolute Gasteiger partial charge is 0.477 e. The van der Waals surface area contributed by atoms with Crippen LogP contribution in [0.3, 0.4) is 0 Å². The summed E-state index contributed by atoms with van der Waals surface area (Å²) < 4.78 is 0. The third-order valence-corrected chi connectivity index (χ3v) is 2.42. The van der Waals surface area contributed by atoms with Crippen LogP contribution in [0.2, 0.25) is 0 Å². The molecule has 1 aromatic heterocycles. The molecule has 0 amide bonds. The Kier molecular flexibility index (Phi) is 3.51. The molecule has 4 nitrogen and oxygen atoms in total. The highest BCUT2D eigenvalue weighted by Gasteiger charge is 2.18. The maximum atomic E-state index is 10.7. The zero-order valence-corrected chi connectivity index (χ0v) is 9.32. The number of pyridine rings is 1. The molecule has 16 heavy (non-hydrogen) atoms. The molecule has 1 atom stereocenters. The number of aromatic carboxylic acids is 1. The quantitative estimate of drug-likeness (QED) is 0.759. The van der Waals surface area contributed by atoms with E-state index in [1.165, 1.54) is 12.3 Å². The summed E-state index contributed by atoms with van der Waals surface area (Å²) in [6.07, 6.45) is 7.61. The maximum Gasteiger partial charge on any atom is 0.354 e. The van der Waals surface area contributed by atoms with Crippen molar-refractivity contribution >= 4 is 11.7 Å². The number of carboxylic acids is 1. The molecule has 1 heterocycles. The van der Waals surface area contributed by atoms with E-state index in [9.17, 15) is 4.79 Å². The van der Waals surface area contributed by atoms with Crippen molar-refractivity contribution < 1.29 is 9.90 Å². The highest BCUT2D eigenvalue weighted by Crippen LogP contribution is 2.17. The number of nitrogens with zero attached hydrogens (tertiary/aromatic N) is 1. The van der Waals surface area contributed by atoms with Gasteiger partial charge in [0.1, 0.15) is 5.69 Å². The summed E-state index contributed by atoms with van der Waals surface area (Å²) in [6.45, 7) is 3.85. The van der Waals surface area contributed by atoms with Crippen LogP contribution in [0, 0.1) is 12.3 Å². The molecule has 84 valence electrons. The van der Waals surface area contributed by atoms with Crippen molar-refractivity contribution in [1.29, 1.82) is 0 Å². The first kappa shape index (κ1) is 12.1. The van der Waals surface area contributed by atoms with Gasteiger partial charge < -0.3 is 10.4 Å². The maximum absolute atomic E-state index is 10.7. The Morgan fingerprint density at radius 1 is 1.75 bits per heavy atom. The fourth-order valence-corrected chi connectivity index (χ4v) is 1.17. The van der Waals surface area contributed by atoms with Crippen LogP contribution < -0.4 is 5.32 Å². The number of hydrogen-bond acceptors (Lipinski definition) is 3. The molecule has 0 aliphatic rings. The average molecular weight is 218 g/mol. The second kappa shape index (κ2) is 4.67. The van der Waals surface area contributed by atoms with Gasteiger partial charge in [0.25, 0.3) is 0 Å². The molecule has 0 spiro atoms. The molecule has 0 bridgehead atoms. The summed E-state index contributed by atoms with van der Waals surface area (Å²) in [6, 6.07) is 3.16. The Morgan fingerprint density at radius 2 is 2.44 bits per heavy atom. The lowest BCUT2D eigenvalue weighted by molar-refractivity contribution is 0.0690. The fourth-order valence-electron chi connectivity index (χ4n) is 1.17. The van der Waals surface area contributed by atoms with E-state index in [4.69, 9.17) is 11.5 Å². The van der Waals surface area contributed by atoms with Gasteiger partial charge in [0.2, 0.25) is 0 Å². The van der Waals surface area contributed by atoms with Gasteiger partial charge in [-0.2, -0.15) is 0 Å². The van der Waals surface area contributed by atoms with E-state index in [0.717, 1.165) is 6.42 Å². The molecule has 0 radical (unpaired) electrons.